The van der Waals surface area contributed by atoms with Crippen LogP contribution in [0, 0.1) is 0 Å². The van der Waals surface area contributed by atoms with E-state index in [1.807, 2.05) is 0 Å². The zero-order valence-corrected chi connectivity index (χ0v) is 13.8. The molecule has 2 N–H and O–H groups in total. The Bertz CT molecular complexity index is 823. The predicted molar refractivity (Wildman–Crippen MR) is 87.1 cm³/mol. The molecule has 0 saturated heterocycles. The Balaban J connectivity index is 2.37. The topological polar surface area (TPSA) is 75.3 Å². The van der Waals surface area contributed by atoms with Gasteiger partial charge in [0.2, 0.25) is 0 Å². The first-order valence-corrected chi connectivity index (χ1v) is 8.37. The second-order valence-corrected chi connectivity index (χ2v) is 6.83. The van der Waals surface area contributed by atoms with Gasteiger partial charge in [-0.05, 0) is 36.4 Å². The van der Waals surface area contributed by atoms with Crippen LogP contribution in [0.2, 0.25) is 10.0 Å². The van der Waals surface area contributed by atoms with Crippen molar-refractivity contribution < 1.29 is 13.2 Å². The van der Waals surface area contributed by atoms with Gasteiger partial charge in [-0.15, -0.1) is 0 Å². The number of sulfonamides is 1. The molecule has 0 heterocycles. The Hall–Kier alpha value is -1.76. The van der Waals surface area contributed by atoms with E-state index in [1.54, 1.807) is 12.1 Å². The summed E-state index contributed by atoms with van der Waals surface area (Å²) in [5.41, 5.74) is 0.581. The van der Waals surface area contributed by atoms with Crippen LogP contribution >= 0.6 is 23.2 Å². The molecule has 5 nitrogen and oxygen atoms in total. The minimum Gasteiger partial charge on any atom is -0.355 e. The van der Waals surface area contributed by atoms with Gasteiger partial charge in [0.05, 0.1) is 5.02 Å². The standard InChI is InChI=1S/C14H12Cl2N2O3S/c1-17-14(19)9-3-2-4-11(7-9)18-22(20,21)13-8-10(15)5-6-12(13)16/h2-8,18H,1H3,(H,17,19). The highest BCUT2D eigenvalue weighted by molar-refractivity contribution is 7.92. The Morgan fingerprint density at radius 2 is 1.82 bits per heavy atom. The minimum atomic E-state index is -3.91. The number of hydrogen-bond acceptors (Lipinski definition) is 3. The zero-order valence-electron chi connectivity index (χ0n) is 11.4. The number of hydrogen-bond donors (Lipinski definition) is 2. The van der Waals surface area contributed by atoms with Crippen molar-refractivity contribution in [2.75, 3.05) is 11.8 Å². The number of carbonyl (C=O) groups is 1. The number of anilines is 1. The maximum Gasteiger partial charge on any atom is 0.263 e. The van der Waals surface area contributed by atoms with Crippen LogP contribution in [-0.4, -0.2) is 21.4 Å². The van der Waals surface area contributed by atoms with E-state index in [9.17, 15) is 13.2 Å². The fourth-order valence-corrected chi connectivity index (χ4v) is 3.57. The second-order valence-electron chi connectivity index (χ2n) is 4.34. The van der Waals surface area contributed by atoms with E-state index in [0.717, 1.165) is 0 Å². The van der Waals surface area contributed by atoms with Crippen LogP contribution in [-0.2, 0) is 10.0 Å². The Morgan fingerprint density at radius 3 is 2.50 bits per heavy atom. The van der Waals surface area contributed by atoms with E-state index in [2.05, 4.69) is 10.0 Å². The molecule has 116 valence electrons. The van der Waals surface area contributed by atoms with Gasteiger partial charge in [0.1, 0.15) is 4.90 Å². The van der Waals surface area contributed by atoms with E-state index in [4.69, 9.17) is 23.2 Å². The molecule has 0 saturated carbocycles. The SMILES string of the molecule is CNC(=O)c1cccc(NS(=O)(=O)c2cc(Cl)ccc2Cl)c1. The van der Waals surface area contributed by atoms with Crippen LogP contribution in [0.15, 0.2) is 47.4 Å². The van der Waals surface area contributed by atoms with Gasteiger partial charge in [-0.25, -0.2) is 8.42 Å². The quantitative estimate of drug-likeness (QED) is 0.881. The van der Waals surface area contributed by atoms with Crippen molar-refractivity contribution in [2.24, 2.45) is 0 Å². The van der Waals surface area contributed by atoms with Crippen LogP contribution < -0.4 is 10.0 Å². The average molecular weight is 359 g/mol. The summed E-state index contributed by atoms with van der Waals surface area (Å²) in [6.07, 6.45) is 0. The van der Waals surface area contributed by atoms with Gasteiger partial charge in [0, 0.05) is 23.3 Å². The van der Waals surface area contributed by atoms with E-state index < -0.39 is 10.0 Å². The molecule has 1 amide bonds. The van der Waals surface area contributed by atoms with Crippen LogP contribution in [0.1, 0.15) is 10.4 Å². The van der Waals surface area contributed by atoms with Crippen molar-refractivity contribution >= 4 is 44.8 Å². The lowest BCUT2D eigenvalue weighted by Crippen LogP contribution is -2.18. The maximum absolute atomic E-state index is 12.4. The van der Waals surface area contributed by atoms with Gasteiger partial charge in [0.25, 0.3) is 15.9 Å². The van der Waals surface area contributed by atoms with Gasteiger partial charge in [-0.3, -0.25) is 9.52 Å². The number of halogens is 2. The highest BCUT2D eigenvalue weighted by Gasteiger charge is 2.19. The summed E-state index contributed by atoms with van der Waals surface area (Å²) in [6, 6.07) is 10.3. The molecule has 2 aromatic carbocycles. The normalized spacial score (nSPS) is 11.0. The number of carbonyl (C=O) groups excluding carboxylic acids is 1. The third-order valence-corrected chi connectivity index (χ3v) is 4.88. The molecule has 2 rings (SSSR count). The van der Waals surface area contributed by atoms with Gasteiger partial charge < -0.3 is 5.32 Å². The summed E-state index contributed by atoms with van der Waals surface area (Å²) >= 11 is 11.7. The first-order valence-electron chi connectivity index (χ1n) is 6.13. The molecule has 0 unspecified atom stereocenters. The molecular formula is C14H12Cl2N2O3S. The predicted octanol–water partition coefficient (Wildman–Crippen LogP) is 3.15. The molecule has 0 atom stereocenters. The monoisotopic (exact) mass is 358 g/mol. The summed E-state index contributed by atoms with van der Waals surface area (Å²) in [7, 11) is -2.42. The van der Waals surface area contributed by atoms with Gasteiger partial charge in [0.15, 0.2) is 0 Å². The molecular weight excluding hydrogens is 347 g/mol. The third-order valence-electron chi connectivity index (χ3n) is 2.79. The average Bonchev–Trinajstić information content (AvgIpc) is 2.48. The Morgan fingerprint density at radius 1 is 1.09 bits per heavy atom. The van der Waals surface area contributed by atoms with E-state index in [1.165, 1.54) is 37.4 Å². The van der Waals surface area contributed by atoms with Crippen LogP contribution in [0.4, 0.5) is 5.69 Å². The van der Waals surface area contributed by atoms with Crippen LogP contribution in [0.25, 0.3) is 0 Å². The van der Waals surface area contributed by atoms with Crippen molar-refractivity contribution in [3.05, 3.63) is 58.1 Å². The highest BCUT2D eigenvalue weighted by atomic mass is 35.5. The number of amides is 1. The summed E-state index contributed by atoms with van der Waals surface area (Å²) < 4.78 is 27.1. The van der Waals surface area contributed by atoms with Crippen molar-refractivity contribution in [1.82, 2.24) is 5.32 Å². The van der Waals surface area contributed by atoms with E-state index in [-0.39, 0.29) is 26.5 Å². The van der Waals surface area contributed by atoms with Crippen molar-refractivity contribution in [3.8, 4) is 0 Å². The third kappa shape index (κ3) is 3.71. The lowest BCUT2D eigenvalue weighted by atomic mass is 10.2. The molecule has 0 bridgehead atoms. The fourth-order valence-electron chi connectivity index (χ4n) is 1.76. The zero-order chi connectivity index (χ0) is 16.3. The maximum atomic E-state index is 12.4. The van der Waals surface area contributed by atoms with Gasteiger partial charge in [-0.1, -0.05) is 29.3 Å². The highest BCUT2D eigenvalue weighted by Crippen LogP contribution is 2.27. The summed E-state index contributed by atoms with van der Waals surface area (Å²) in [4.78, 5) is 11.4. The van der Waals surface area contributed by atoms with Gasteiger partial charge >= 0.3 is 0 Å². The number of nitrogens with one attached hydrogen (secondary N) is 2. The second kappa shape index (κ2) is 6.56. The van der Waals surface area contributed by atoms with E-state index in [0.29, 0.717) is 5.56 Å². The first-order chi connectivity index (χ1) is 10.3. The molecule has 22 heavy (non-hydrogen) atoms. The number of benzene rings is 2. The molecule has 0 aromatic heterocycles. The van der Waals surface area contributed by atoms with E-state index >= 15 is 0 Å². The molecule has 0 spiro atoms. The van der Waals surface area contributed by atoms with Crippen molar-refractivity contribution in [3.63, 3.8) is 0 Å². The van der Waals surface area contributed by atoms with Crippen LogP contribution in [0.5, 0.6) is 0 Å². The van der Waals surface area contributed by atoms with Gasteiger partial charge in [-0.2, -0.15) is 0 Å². The summed E-state index contributed by atoms with van der Waals surface area (Å²) in [6.45, 7) is 0. The summed E-state index contributed by atoms with van der Waals surface area (Å²) in [5, 5.41) is 2.77. The first kappa shape index (κ1) is 16.6. The Labute approximate surface area is 138 Å². The smallest absolute Gasteiger partial charge is 0.263 e. The summed E-state index contributed by atoms with van der Waals surface area (Å²) in [5.74, 6) is -0.318. The fraction of sp³-hybridized carbons (Fsp3) is 0.0714. The molecule has 0 fully saturated rings. The molecule has 2 aromatic rings. The van der Waals surface area contributed by atoms with Crippen LogP contribution in [0.3, 0.4) is 0 Å². The Kier molecular flexibility index (Phi) is 4.95. The van der Waals surface area contributed by atoms with Crippen molar-refractivity contribution in [2.45, 2.75) is 4.90 Å². The molecule has 0 radical (unpaired) electrons. The molecule has 0 aliphatic heterocycles. The lowest BCUT2D eigenvalue weighted by molar-refractivity contribution is 0.0963. The molecule has 8 heteroatoms. The lowest BCUT2D eigenvalue weighted by Gasteiger charge is -2.10. The van der Waals surface area contributed by atoms with Crippen molar-refractivity contribution in [1.29, 1.82) is 0 Å². The largest absolute Gasteiger partial charge is 0.355 e. The molecule has 0 aliphatic carbocycles. The minimum absolute atomic E-state index is 0.0550. The molecule has 0 aliphatic rings. The number of rotatable bonds is 4.